The number of hydroxylamine groups is 2. The number of benzene rings is 1. The standard InChI is InChI=1S/C33H43ClN4O3S/c1-6-8-9-11-24(3)22-36(18-7-2)32(39)29-23-37(41-40-33(4,5)42)19-20-38(29)31-28-16-15-27(34)21-26(28)14-13-25-12-10-17-35-30(25)31/h6,8-12,15-17,21,29,31,42H,1,7,13-14,18-20,22-23H2,2-5H3/b9-8-,24-11-/t29-,31?/m1/s1. The van der Waals surface area contributed by atoms with Crippen molar-refractivity contribution < 1.29 is 14.7 Å². The Bertz CT molecular complexity index is 1310. The van der Waals surface area contributed by atoms with Gasteiger partial charge in [0.1, 0.15) is 11.0 Å². The van der Waals surface area contributed by atoms with E-state index in [0.717, 1.165) is 36.1 Å². The third kappa shape index (κ3) is 8.34. The molecule has 9 heteroatoms. The number of hydrogen-bond donors (Lipinski definition) is 1. The number of halogens is 1. The van der Waals surface area contributed by atoms with Gasteiger partial charge in [0.15, 0.2) is 0 Å². The Labute approximate surface area is 261 Å². The van der Waals surface area contributed by atoms with Crippen molar-refractivity contribution in [2.24, 2.45) is 0 Å². The van der Waals surface area contributed by atoms with Gasteiger partial charge in [0, 0.05) is 37.4 Å². The van der Waals surface area contributed by atoms with E-state index >= 15 is 0 Å². The molecule has 1 fully saturated rings. The zero-order valence-electron chi connectivity index (χ0n) is 25.1. The highest BCUT2D eigenvalue weighted by atomic mass is 35.5. The summed E-state index contributed by atoms with van der Waals surface area (Å²) in [5, 5.41) is 2.45. The van der Waals surface area contributed by atoms with Crippen molar-refractivity contribution in [2.75, 3.05) is 32.7 Å². The van der Waals surface area contributed by atoms with Gasteiger partial charge in [-0.15, -0.1) is 17.6 Å². The average Bonchev–Trinajstić information content (AvgIpc) is 3.11. The number of rotatable bonds is 11. The van der Waals surface area contributed by atoms with E-state index in [1.165, 1.54) is 11.1 Å². The highest BCUT2D eigenvalue weighted by Crippen LogP contribution is 2.39. The van der Waals surface area contributed by atoms with Crippen molar-refractivity contribution in [3.8, 4) is 0 Å². The lowest BCUT2D eigenvalue weighted by Gasteiger charge is -2.45. The molecular formula is C33H43ClN4O3S. The predicted molar refractivity (Wildman–Crippen MR) is 172 cm³/mol. The molecule has 2 heterocycles. The number of pyridine rings is 1. The van der Waals surface area contributed by atoms with E-state index in [9.17, 15) is 4.79 Å². The number of piperazine rings is 1. The molecule has 42 heavy (non-hydrogen) atoms. The molecule has 1 aromatic heterocycles. The van der Waals surface area contributed by atoms with Crippen molar-refractivity contribution >= 4 is 30.1 Å². The van der Waals surface area contributed by atoms with Crippen molar-refractivity contribution in [3.05, 3.63) is 100 Å². The Balaban J connectivity index is 1.75. The molecule has 0 saturated carbocycles. The molecule has 1 aromatic carbocycles. The van der Waals surface area contributed by atoms with Crippen molar-refractivity contribution in [3.63, 3.8) is 0 Å². The monoisotopic (exact) mass is 610 g/mol. The van der Waals surface area contributed by atoms with Gasteiger partial charge in [-0.2, -0.15) is 5.06 Å². The first-order chi connectivity index (χ1) is 20.1. The Morgan fingerprint density at radius 2 is 2.02 bits per heavy atom. The lowest BCUT2D eigenvalue weighted by molar-refractivity contribution is -0.452. The topological polar surface area (TPSA) is 58.1 Å². The lowest BCUT2D eigenvalue weighted by Crippen LogP contribution is -2.60. The maximum absolute atomic E-state index is 14.6. The summed E-state index contributed by atoms with van der Waals surface area (Å²) in [4.78, 5) is 34.2. The Morgan fingerprint density at radius 3 is 2.76 bits per heavy atom. The number of aryl methyl sites for hydroxylation is 2. The van der Waals surface area contributed by atoms with Crippen LogP contribution in [0.1, 0.15) is 62.5 Å². The summed E-state index contributed by atoms with van der Waals surface area (Å²) in [6.45, 7) is 14.1. The normalized spacial score (nSPS) is 20.2. The lowest BCUT2D eigenvalue weighted by atomic mass is 9.94. The molecule has 2 atom stereocenters. The van der Waals surface area contributed by atoms with Crippen molar-refractivity contribution in [2.45, 2.75) is 64.0 Å². The van der Waals surface area contributed by atoms with Crippen LogP contribution in [0.15, 0.2) is 73.0 Å². The minimum Gasteiger partial charge on any atom is -0.337 e. The second-order valence-corrected chi connectivity index (χ2v) is 12.9. The molecule has 2 aromatic rings. The largest absolute Gasteiger partial charge is 0.337 e. The Kier molecular flexibility index (Phi) is 11.5. The summed E-state index contributed by atoms with van der Waals surface area (Å²) in [7, 11) is 0. The summed E-state index contributed by atoms with van der Waals surface area (Å²) in [6, 6.07) is 9.53. The van der Waals surface area contributed by atoms with E-state index in [0.29, 0.717) is 37.7 Å². The zero-order valence-corrected chi connectivity index (χ0v) is 26.8. The van der Waals surface area contributed by atoms with Gasteiger partial charge >= 0.3 is 0 Å². The molecule has 0 spiro atoms. The number of allylic oxidation sites excluding steroid dienone is 4. The number of nitrogens with zero attached hydrogens (tertiary/aromatic N) is 4. The minimum atomic E-state index is -0.784. The molecule has 0 N–H and O–H groups in total. The van der Waals surface area contributed by atoms with E-state index in [1.54, 1.807) is 11.1 Å². The fourth-order valence-electron chi connectivity index (χ4n) is 5.63. The van der Waals surface area contributed by atoms with Gasteiger partial charge in [0.25, 0.3) is 0 Å². The second kappa shape index (κ2) is 14.8. The number of fused-ring (bicyclic) bond motifs is 2. The van der Waals surface area contributed by atoms with E-state index < -0.39 is 11.0 Å². The van der Waals surface area contributed by atoms with Crippen LogP contribution in [0.4, 0.5) is 0 Å². The summed E-state index contributed by atoms with van der Waals surface area (Å²) >= 11 is 10.9. The van der Waals surface area contributed by atoms with Crippen LogP contribution < -0.4 is 0 Å². The van der Waals surface area contributed by atoms with E-state index in [2.05, 4.69) is 49.2 Å². The van der Waals surface area contributed by atoms with Crippen LogP contribution in [0.2, 0.25) is 5.02 Å². The number of hydrogen-bond acceptors (Lipinski definition) is 7. The fourth-order valence-corrected chi connectivity index (χ4v) is 5.86. The fraction of sp³-hybridized carbons (Fsp3) is 0.455. The molecule has 2 aliphatic rings. The first-order valence-electron chi connectivity index (χ1n) is 14.7. The summed E-state index contributed by atoms with van der Waals surface area (Å²) in [5.74, 6) is 0.0491. The Morgan fingerprint density at radius 1 is 1.24 bits per heavy atom. The summed E-state index contributed by atoms with van der Waals surface area (Å²) < 4.78 is 0. The highest BCUT2D eigenvalue weighted by Gasteiger charge is 2.42. The number of carbonyl (C=O) groups is 1. The van der Waals surface area contributed by atoms with Gasteiger partial charge < -0.3 is 4.90 Å². The average molecular weight is 611 g/mol. The third-order valence-corrected chi connectivity index (χ3v) is 7.78. The van der Waals surface area contributed by atoms with Gasteiger partial charge in [-0.25, -0.2) is 4.89 Å². The zero-order chi connectivity index (χ0) is 30.3. The SMILES string of the molecule is C=C/C=C\C=C(\C)CN(CCC)C(=O)[C@H]1CN(OOC(C)(C)S)CCN1C1c2ccc(Cl)cc2CCc2cccnc21. The van der Waals surface area contributed by atoms with Crippen LogP contribution >= 0.6 is 24.2 Å². The molecule has 0 radical (unpaired) electrons. The smallest absolute Gasteiger partial charge is 0.241 e. The van der Waals surface area contributed by atoms with Crippen LogP contribution in [0, 0.1) is 0 Å². The van der Waals surface area contributed by atoms with Gasteiger partial charge in [-0.1, -0.05) is 67.1 Å². The van der Waals surface area contributed by atoms with Crippen molar-refractivity contribution in [1.82, 2.24) is 19.8 Å². The Hall–Kier alpha value is -2.46. The van der Waals surface area contributed by atoms with Gasteiger partial charge in [-0.05, 0) is 74.9 Å². The molecule has 226 valence electrons. The molecule has 7 nitrogen and oxygen atoms in total. The maximum atomic E-state index is 14.6. The first kappa shape index (κ1) is 32.5. The minimum absolute atomic E-state index is 0.0491. The van der Waals surface area contributed by atoms with E-state index in [-0.39, 0.29) is 11.9 Å². The van der Waals surface area contributed by atoms with Gasteiger partial charge in [-0.3, -0.25) is 14.7 Å². The summed E-state index contributed by atoms with van der Waals surface area (Å²) in [5.41, 5.74) is 5.61. The number of carbonyl (C=O) groups excluding carboxylic acids is 1. The third-order valence-electron chi connectivity index (χ3n) is 7.47. The molecule has 0 bridgehead atoms. The van der Waals surface area contributed by atoms with Crippen LogP contribution in [0.25, 0.3) is 0 Å². The second-order valence-electron chi connectivity index (χ2n) is 11.4. The quantitative estimate of drug-likeness (QED) is 0.105. The molecule has 1 amide bonds. The summed E-state index contributed by atoms with van der Waals surface area (Å²) in [6.07, 6.45) is 12.0. The maximum Gasteiger partial charge on any atom is 0.241 e. The first-order valence-corrected chi connectivity index (χ1v) is 15.5. The molecule has 1 saturated heterocycles. The van der Waals surface area contributed by atoms with E-state index in [1.807, 2.05) is 62.2 Å². The van der Waals surface area contributed by atoms with Gasteiger partial charge in [0.05, 0.1) is 18.3 Å². The molecule has 1 unspecified atom stereocenters. The van der Waals surface area contributed by atoms with E-state index in [4.69, 9.17) is 26.5 Å². The highest BCUT2D eigenvalue weighted by molar-refractivity contribution is 7.81. The predicted octanol–water partition coefficient (Wildman–Crippen LogP) is 6.37. The van der Waals surface area contributed by atoms with Gasteiger partial charge in [0.2, 0.25) is 5.91 Å². The molecule has 1 aliphatic heterocycles. The molecule has 4 rings (SSSR count). The van der Waals surface area contributed by atoms with Crippen LogP contribution in [-0.2, 0) is 27.5 Å². The molecular weight excluding hydrogens is 568 g/mol. The van der Waals surface area contributed by atoms with Crippen molar-refractivity contribution in [1.29, 1.82) is 0 Å². The van der Waals surface area contributed by atoms with Crippen LogP contribution in [0.3, 0.4) is 0 Å². The number of thiol groups is 1. The number of amides is 1. The van der Waals surface area contributed by atoms with Crippen LogP contribution in [-0.4, -0.2) is 69.5 Å². The number of aromatic nitrogens is 1. The molecule has 1 aliphatic carbocycles. The van der Waals surface area contributed by atoms with Crippen LogP contribution in [0.5, 0.6) is 0 Å².